The molecule has 6 heteroatoms. The van der Waals surface area contributed by atoms with Gasteiger partial charge in [0.1, 0.15) is 11.4 Å². The van der Waals surface area contributed by atoms with Gasteiger partial charge in [-0.1, -0.05) is 0 Å². The molecule has 1 amide bonds. The van der Waals surface area contributed by atoms with E-state index in [-0.39, 0.29) is 11.7 Å². The van der Waals surface area contributed by atoms with E-state index in [0.29, 0.717) is 24.3 Å². The second-order valence-corrected chi connectivity index (χ2v) is 4.61. The summed E-state index contributed by atoms with van der Waals surface area (Å²) >= 11 is 1.42. The molecular formula is C12H13N3O2S. The van der Waals surface area contributed by atoms with Crippen molar-refractivity contribution in [1.82, 2.24) is 4.98 Å². The van der Waals surface area contributed by atoms with Crippen molar-refractivity contribution in [2.45, 2.75) is 6.42 Å². The number of aromatic hydroxyl groups is 1. The quantitative estimate of drug-likeness (QED) is 0.731. The number of benzene rings is 1. The van der Waals surface area contributed by atoms with Crippen molar-refractivity contribution in [3.05, 3.63) is 40.3 Å². The Kier molecular flexibility index (Phi) is 3.91. The van der Waals surface area contributed by atoms with Crippen molar-refractivity contribution in [2.24, 2.45) is 5.73 Å². The van der Waals surface area contributed by atoms with Gasteiger partial charge < -0.3 is 16.2 Å². The molecule has 0 atom stereocenters. The van der Waals surface area contributed by atoms with E-state index in [4.69, 9.17) is 10.8 Å². The van der Waals surface area contributed by atoms with E-state index in [1.54, 1.807) is 17.5 Å². The van der Waals surface area contributed by atoms with Gasteiger partial charge in [-0.25, -0.2) is 4.98 Å². The number of thiazole rings is 1. The summed E-state index contributed by atoms with van der Waals surface area (Å²) in [5.41, 5.74) is 6.43. The fourth-order valence-electron chi connectivity index (χ4n) is 1.39. The van der Waals surface area contributed by atoms with Gasteiger partial charge in [-0.15, -0.1) is 11.3 Å². The first-order chi connectivity index (χ1) is 8.69. The van der Waals surface area contributed by atoms with Crippen LogP contribution in [-0.2, 0) is 6.42 Å². The highest BCUT2D eigenvalue weighted by atomic mass is 32.1. The molecule has 1 aromatic carbocycles. The largest absolute Gasteiger partial charge is 0.508 e. The van der Waals surface area contributed by atoms with E-state index < -0.39 is 0 Å². The van der Waals surface area contributed by atoms with Crippen molar-refractivity contribution in [1.29, 1.82) is 0 Å². The zero-order chi connectivity index (χ0) is 13.0. The van der Waals surface area contributed by atoms with Gasteiger partial charge in [0.25, 0.3) is 5.91 Å². The Labute approximate surface area is 108 Å². The van der Waals surface area contributed by atoms with Crippen molar-refractivity contribution >= 4 is 22.9 Å². The van der Waals surface area contributed by atoms with Crippen LogP contribution < -0.4 is 11.1 Å². The topological polar surface area (TPSA) is 88.2 Å². The van der Waals surface area contributed by atoms with Crippen LogP contribution in [0, 0.1) is 0 Å². The van der Waals surface area contributed by atoms with Crippen LogP contribution in [-0.4, -0.2) is 22.5 Å². The van der Waals surface area contributed by atoms with E-state index in [0.717, 1.165) is 5.01 Å². The Morgan fingerprint density at radius 2 is 2.11 bits per heavy atom. The molecule has 0 unspecified atom stereocenters. The van der Waals surface area contributed by atoms with Gasteiger partial charge in [0.2, 0.25) is 0 Å². The van der Waals surface area contributed by atoms with Gasteiger partial charge in [-0.2, -0.15) is 0 Å². The third-order valence-corrected chi connectivity index (χ3v) is 3.18. The molecule has 0 saturated heterocycles. The molecule has 5 nitrogen and oxygen atoms in total. The van der Waals surface area contributed by atoms with Crippen LogP contribution >= 0.6 is 11.3 Å². The lowest BCUT2D eigenvalue weighted by atomic mass is 10.3. The monoisotopic (exact) mass is 263 g/mol. The highest BCUT2D eigenvalue weighted by Crippen LogP contribution is 2.16. The molecule has 1 heterocycles. The first kappa shape index (κ1) is 12.5. The maximum absolute atomic E-state index is 11.9. The SMILES string of the molecule is NCCc1nc(C(=O)Nc2ccc(O)cc2)cs1. The first-order valence-corrected chi connectivity index (χ1v) is 6.32. The minimum atomic E-state index is -0.264. The molecule has 0 saturated carbocycles. The lowest BCUT2D eigenvalue weighted by molar-refractivity contribution is 0.102. The van der Waals surface area contributed by atoms with Crippen LogP contribution in [0.2, 0.25) is 0 Å². The molecule has 1 aromatic heterocycles. The number of carbonyl (C=O) groups excluding carboxylic acids is 1. The van der Waals surface area contributed by atoms with Gasteiger partial charge in [-0.3, -0.25) is 4.79 Å². The molecule has 94 valence electrons. The van der Waals surface area contributed by atoms with Crippen molar-refractivity contribution in [3.8, 4) is 5.75 Å². The van der Waals surface area contributed by atoms with Crippen LogP contribution in [0.4, 0.5) is 5.69 Å². The fourth-order valence-corrected chi connectivity index (χ4v) is 2.19. The predicted molar refractivity (Wildman–Crippen MR) is 70.9 cm³/mol. The van der Waals surface area contributed by atoms with Crippen LogP contribution in [0.25, 0.3) is 0 Å². The summed E-state index contributed by atoms with van der Waals surface area (Å²) in [5.74, 6) is -0.105. The summed E-state index contributed by atoms with van der Waals surface area (Å²) < 4.78 is 0. The lowest BCUT2D eigenvalue weighted by Crippen LogP contribution is -2.12. The third kappa shape index (κ3) is 3.06. The third-order valence-electron chi connectivity index (χ3n) is 2.27. The molecule has 0 aliphatic rings. The minimum absolute atomic E-state index is 0.159. The highest BCUT2D eigenvalue weighted by Gasteiger charge is 2.10. The molecule has 18 heavy (non-hydrogen) atoms. The standard InChI is InChI=1S/C12H13N3O2S/c13-6-5-11-15-10(7-18-11)12(17)14-8-1-3-9(16)4-2-8/h1-4,7,16H,5-6,13H2,(H,14,17). The molecule has 0 aliphatic carbocycles. The summed E-state index contributed by atoms with van der Waals surface area (Å²) in [4.78, 5) is 16.0. The Balaban J connectivity index is 2.04. The number of anilines is 1. The summed E-state index contributed by atoms with van der Waals surface area (Å²) in [5, 5.41) is 14.4. The minimum Gasteiger partial charge on any atom is -0.508 e. The zero-order valence-electron chi connectivity index (χ0n) is 9.59. The maximum atomic E-state index is 11.9. The summed E-state index contributed by atoms with van der Waals surface area (Å²) in [6.45, 7) is 0.520. The number of nitrogens with zero attached hydrogens (tertiary/aromatic N) is 1. The molecule has 0 fully saturated rings. The number of phenolic OH excluding ortho intramolecular Hbond substituents is 1. The number of nitrogens with two attached hydrogens (primary N) is 1. The smallest absolute Gasteiger partial charge is 0.275 e. The van der Waals surface area contributed by atoms with Crippen molar-refractivity contribution < 1.29 is 9.90 Å². The molecule has 2 rings (SSSR count). The normalized spacial score (nSPS) is 10.3. The molecular weight excluding hydrogens is 250 g/mol. The molecule has 2 aromatic rings. The second kappa shape index (κ2) is 5.61. The zero-order valence-corrected chi connectivity index (χ0v) is 10.4. The lowest BCUT2D eigenvalue weighted by Gasteiger charge is -2.02. The second-order valence-electron chi connectivity index (χ2n) is 3.67. The summed E-state index contributed by atoms with van der Waals surface area (Å²) in [6, 6.07) is 6.27. The van der Waals surface area contributed by atoms with Crippen LogP contribution in [0.5, 0.6) is 5.75 Å². The number of aromatic nitrogens is 1. The number of carbonyl (C=O) groups is 1. The highest BCUT2D eigenvalue weighted by molar-refractivity contribution is 7.09. The molecule has 0 bridgehead atoms. The number of amides is 1. The maximum Gasteiger partial charge on any atom is 0.275 e. The van der Waals surface area contributed by atoms with E-state index >= 15 is 0 Å². The Hall–Kier alpha value is -1.92. The van der Waals surface area contributed by atoms with Crippen LogP contribution in [0.15, 0.2) is 29.6 Å². The van der Waals surface area contributed by atoms with Crippen molar-refractivity contribution in [2.75, 3.05) is 11.9 Å². The average Bonchev–Trinajstić information content (AvgIpc) is 2.81. The van der Waals surface area contributed by atoms with E-state index in [1.807, 2.05) is 0 Å². The van der Waals surface area contributed by atoms with E-state index in [1.165, 1.54) is 23.5 Å². The summed E-state index contributed by atoms with van der Waals surface area (Å²) in [6.07, 6.45) is 0.678. The van der Waals surface area contributed by atoms with Crippen LogP contribution in [0.1, 0.15) is 15.5 Å². The Morgan fingerprint density at radius 1 is 1.39 bits per heavy atom. The molecule has 4 N–H and O–H groups in total. The fraction of sp³-hybridized carbons (Fsp3) is 0.167. The predicted octanol–water partition coefficient (Wildman–Crippen LogP) is 1.60. The van der Waals surface area contributed by atoms with E-state index in [9.17, 15) is 4.79 Å². The number of rotatable bonds is 4. The Bertz CT molecular complexity index is 537. The Morgan fingerprint density at radius 3 is 2.78 bits per heavy atom. The van der Waals surface area contributed by atoms with Gasteiger partial charge in [0.05, 0.1) is 5.01 Å². The molecule has 0 aliphatic heterocycles. The van der Waals surface area contributed by atoms with Gasteiger partial charge in [-0.05, 0) is 30.8 Å². The van der Waals surface area contributed by atoms with Gasteiger partial charge in [0.15, 0.2) is 0 Å². The van der Waals surface area contributed by atoms with Gasteiger partial charge >= 0.3 is 0 Å². The number of phenols is 1. The van der Waals surface area contributed by atoms with Gasteiger partial charge in [0, 0.05) is 17.5 Å². The molecule has 0 radical (unpaired) electrons. The first-order valence-electron chi connectivity index (χ1n) is 5.44. The number of hydrogen-bond donors (Lipinski definition) is 3. The molecule has 0 spiro atoms. The summed E-state index contributed by atoms with van der Waals surface area (Å²) in [7, 11) is 0. The number of nitrogens with one attached hydrogen (secondary N) is 1. The van der Waals surface area contributed by atoms with Crippen molar-refractivity contribution in [3.63, 3.8) is 0 Å². The average molecular weight is 263 g/mol. The van der Waals surface area contributed by atoms with Crippen LogP contribution in [0.3, 0.4) is 0 Å². The van der Waals surface area contributed by atoms with E-state index in [2.05, 4.69) is 10.3 Å². The number of hydrogen-bond acceptors (Lipinski definition) is 5.